The summed E-state index contributed by atoms with van der Waals surface area (Å²) in [5.41, 5.74) is 0. The van der Waals surface area contributed by atoms with E-state index in [4.69, 9.17) is 4.74 Å². The van der Waals surface area contributed by atoms with E-state index in [1.165, 1.54) is 12.3 Å². The average Bonchev–Trinajstić information content (AvgIpc) is 3.05. The summed E-state index contributed by atoms with van der Waals surface area (Å²) in [6.45, 7) is 4.94. The van der Waals surface area contributed by atoms with Gasteiger partial charge < -0.3 is 10.1 Å². The Labute approximate surface area is 128 Å². The van der Waals surface area contributed by atoms with Crippen LogP contribution in [0.15, 0.2) is 12.3 Å². The number of nitrogens with zero attached hydrogens (tertiary/aromatic N) is 2. The number of hydrogen-bond donors (Lipinski definition) is 2. The van der Waals surface area contributed by atoms with Gasteiger partial charge in [-0.05, 0) is 12.3 Å². The van der Waals surface area contributed by atoms with Gasteiger partial charge in [0.1, 0.15) is 6.54 Å². The minimum absolute atomic E-state index is 0.158. The Morgan fingerprint density at radius 2 is 2.32 bits per heavy atom. The number of ether oxygens (including phenoxy) is 1. The number of carbonyl (C=O) groups is 1. The predicted octanol–water partition coefficient (Wildman–Crippen LogP) is 2.33. The molecule has 0 aromatic carbocycles. The van der Waals surface area contributed by atoms with Crippen molar-refractivity contribution in [3.05, 3.63) is 12.3 Å². The predicted molar refractivity (Wildman–Crippen MR) is 77.9 cm³/mol. The molecule has 1 fully saturated rings. The number of aromatic nitrogens is 2. The van der Waals surface area contributed by atoms with Crippen molar-refractivity contribution in [1.29, 1.82) is 0 Å². The molecule has 2 heterocycles. The first-order chi connectivity index (χ1) is 10.5. The largest absolute Gasteiger partial charge is 0.378 e. The molecule has 2 N–H and O–H groups in total. The van der Waals surface area contributed by atoms with Gasteiger partial charge in [0.25, 0.3) is 6.43 Å². The van der Waals surface area contributed by atoms with Gasteiger partial charge >= 0.3 is 6.03 Å². The molecule has 1 saturated heterocycles. The monoisotopic (exact) mass is 316 g/mol. The van der Waals surface area contributed by atoms with Crippen LogP contribution in [0.2, 0.25) is 0 Å². The minimum Gasteiger partial charge on any atom is -0.378 e. The minimum atomic E-state index is -2.48. The lowest BCUT2D eigenvalue weighted by Gasteiger charge is -2.22. The SMILES string of the molecule is CC(C)C1OCCC1CNC(=O)Nc1ccn(CC(F)F)n1. The van der Waals surface area contributed by atoms with Crippen molar-refractivity contribution in [2.75, 3.05) is 18.5 Å². The number of hydrogen-bond acceptors (Lipinski definition) is 3. The quantitative estimate of drug-likeness (QED) is 0.846. The van der Waals surface area contributed by atoms with Gasteiger partial charge in [-0.1, -0.05) is 13.8 Å². The van der Waals surface area contributed by atoms with E-state index >= 15 is 0 Å². The van der Waals surface area contributed by atoms with E-state index in [9.17, 15) is 13.6 Å². The number of amides is 2. The number of halogens is 2. The van der Waals surface area contributed by atoms with Crippen LogP contribution in [0.3, 0.4) is 0 Å². The van der Waals surface area contributed by atoms with Crippen molar-refractivity contribution < 1.29 is 18.3 Å². The Morgan fingerprint density at radius 1 is 1.55 bits per heavy atom. The maximum Gasteiger partial charge on any atom is 0.320 e. The van der Waals surface area contributed by atoms with E-state index in [2.05, 4.69) is 29.6 Å². The first kappa shape index (κ1) is 16.7. The first-order valence-electron chi connectivity index (χ1n) is 7.43. The Balaban J connectivity index is 1.77. The zero-order valence-corrected chi connectivity index (χ0v) is 12.8. The number of rotatable bonds is 6. The van der Waals surface area contributed by atoms with Crippen LogP contribution in [0.5, 0.6) is 0 Å². The Bertz CT molecular complexity index is 493. The van der Waals surface area contributed by atoms with Gasteiger partial charge in [-0.25, -0.2) is 13.6 Å². The molecule has 22 heavy (non-hydrogen) atoms. The fraction of sp³-hybridized carbons (Fsp3) is 0.714. The number of carbonyl (C=O) groups excluding carboxylic acids is 1. The molecular weight excluding hydrogens is 294 g/mol. The number of urea groups is 1. The maximum absolute atomic E-state index is 12.2. The van der Waals surface area contributed by atoms with E-state index in [0.717, 1.165) is 17.7 Å². The van der Waals surface area contributed by atoms with Crippen LogP contribution in [-0.4, -0.2) is 41.5 Å². The van der Waals surface area contributed by atoms with Gasteiger partial charge in [-0.15, -0.1) is 0 Å². The summed E-state index contributed by atoms with van der Waals surface area (Å²) in [4.78, 5) is 11.8. The van der Waals surface area contributed by atoms with Crippen LogP contribution in [0, 0.1) is 11.8 Å². The normalized spacial score (nSPS) is 21.5. The Kier molecular flexibility index (Phi) is 5.70. The molecule has 1 aliphatic rings. The molecule has 6 nitrogen and oxygen atoms in total. The topological polar surface area (TPSA) is 68.2 Å². The summed E-state index contributed by atoms with van der Waals surface area (Å²) < 4.78 is 31.2. The highest BCUT2D eigenvalue weighted by molar-refractivity contribution is 5.88. The molecule has 1 aromatic heterocycles. The van der Waals surface area contributed by atoms with Crippen LogP contribution in [0.25, 0.3) is 0 Å². The Morgan fingerprint density at radius 3 is 3.00 bits per heavy atom. The Hall–Kier alpha value is -1.70. The highest BCUT2D eigenvalue weighted by Crippen LogP contribution is 2.26. The standard InChI is InChI=1S/C14H22F2N4O2/c1-9(2)13-10(4-6-22-13)7-17-14(21)18-12-3-5-20(19-12)8-11(15)16/h3,5,9-11,13H,4,6-8H2,1-2H3,(H2,17,18,19,21). The van der Waals surface area contributed by atoms with Crippen LogP contribution in [-0.2, 0) is 11.3 Å². The van der Waals surface area contributed by atoms with Gasteiger partial charge in [-0.3, -0.25) is 10.00 Å². The smallest absolute Gasteiger partial charge is 0.320 e. The van der Waals surface area contributed by atoms with Crippen molar-refractivity contribution in [2.24, 2.45) is 11.8 Å². The molecule has 2 unspecified atom stereocenters. The van der Waals surface area contributed by atoms with Crippen molar-refractivity contribution in [3.8, 4) is 0 Å². The van der Waals surface area contributed by atoms with Gasteiger partial charge in [0.05, 0.1) is 6.10 Å². The van der Waals surface area contributed by atoms with Crippen molar-refractivity contribution in [1.82, 2.24) is 15.1 Å². The van der Waals surface area contributed by atoms with E-state index in [0.29, 0.717) is 18.4 Å². The maximum atomic E-state index is 12.2. The summed E-state index contributed by atoms with van der Waals surface area (Å²) in [5.74, 6) is 0.950. The van der Waals surface area contributed by atoms with Crippen LogP contribution in [0.1, 0.15) is 20.3 Å². The highest BCUT2D eigenvalue weighted by atomic mass is 19.3. The third-order valence-corrected chi connectivity index (χ3v) is 3.65. The summed E-state index contributed by atoms with van der Waals surface area (Å²) in [7, 11) is 0. The molecule has 0 spiro atoms. The van der Waals surface area contributed by atoms with Crippen LogP contribution in [0.4, 0.5) is 19.4 Å². The number of anilines is 1. The van der Waals surface area contributed by atoms with Gasteiger partial charge in [0.2, 0.25) is 0 Å². The molecule has 0 radical (unpaired) electrons. The van der Waals surface area contributed by atoms with E-state index < -0.39 is 19.0 Å². The average molecular weight is 316 g/mol. The lowest BCUT2D eigenvalue weighted by atomic mass is 9.93. The second-order valence-electron chi connectivity index (χ2n) is 5.78. The van der Waals surface area contributed by atoms with E-state index in [1.54, 1.807) is 0 Å². The molecule has 1 aromatic rings. The summed E-state index contributed by atoms with van der Waals surface area (Å²) in [6, 6.07) is 1.09. The molecule has 0 aliphatic carbocycles. The fourth-order valence-corrected chi connectivity index (χ4v) is 2.67. The molecule has 8 heteroatoms. The second kappa shape index (κ2) is 7.53. The number of nitrogens with one attached hydrogen (secondary N) is 2. The number of alkyl halides is 2. The van der Waals surface area contributed by atoms with Gasteiger partial charge in [0.15, 0.2) is 5.82 Å². The third-order valence-electron chi connectivity index (χ3n) is 3.65. The van der Waals surface area contributed by atoms with E-state index in [1.807, 2.05) is 0 Å². The molecule has 2 rings (SSSR count). The fourth-order valence-electron chi connectivity index (χ4n) is 2.67. The molecule has 0 saturated carbocycles. The van der Waals surface area contributed by atoms with Gasteiger partial charge in [-0.2, -0.15) is 5.10 Å². The second-order valence-corrected chi connectivity index (χ2v) is 5.78. The summed E-state index contributed by atoms with van der Waals surface area (Å²) in [5, 5.41) is 9.17. The lowest BCUT2D eigenvalue weighted by Crippen LogP contribution is -2.37. The zero-order valence-electron chi connectivity index (χ0n) is 12.8. The van der Waals surface area contributed by atoms with Gasteiger partial charge in [0, 0.05) is 31.3 Å². The third kappa shape index (κ3) is 4.66. The van der Waals surface area contributed by atoms with Crippen molar-refractivity contribution in [2.45, 2.75) is 39.3 Å². The lowest BCUT2D eigenvalue weighted by molar-refractivity contribution is 0.0546. The van der Waals surface area contributed by atoms with Crippen LogP contribution < -0.4 is 10.6 Å². The zero-order chi connectivity index (χ0) is 16.1. The molecule has 2 atom stereocenters. The van der Waals surface area contributed by atoms with Crippen LogP contribution >= 0.6 is 0 Å². The van der Waals surface area contributed by atoms with Crippen molar-refractivity contribution >= 4 is 11.8 Å². The molecule has 2 amide bonds. The van der Waals surface area contributed by atoms with Crippen molar-refractivity contribution in [3.63, 3.8) is 0 Å². The molecule has 1 aliphatic heterocycles. The highest BCUT2D eigenvalue weighted by Gasteiger charge is 2.30. The first-order valence-corrected chi connectivity index (χ1v) is 7.43. The van der Waals surface area contributed by atoms with E-state index in [-0.39, 0.29) is 11.9 Å². The molecule has 0 bridgehead atoms. The molecular formula is C14H22F2N4O2. The summed E-state index contributed by atoms with van der Waals surface area (Å²) in [6.07, 6.45) is 0.00974. The summed E-state index contributed by atoms with van der Waals surface area (Å²) >= 11 is 0. The molecule has 124 valence electrons.